The predicted octanol–water partition coefficient (Wildman–Crippen LogP) is 0.340. The van der Waals surface area contributed by atoms with Crippen LogP contribution in [0.4, 0.5) is 0 Å². The number of hydrogen-bond donors (Lipinski definition) is 3. The zero-order valence-corrected chi connectivity index (χ0v) is 9.74. The smallest absolute Gasteiger partial charge is 0.343 e. The quantitative estimate of drug-likeness (QED) is 0.653. The number of carboxylic acids is 2. The predicted molar refractivity (Wildman–Crippen MR) is 59.5 cm³/mol. The molecule has 0 fully saturated rings. The minimum Gasteiger partial charge on any atom is -0.507 e. The van der Waals surface area contributed by atoms with Gasteiger partial charge in [0.05, 0.1) is 7.11 Å². The first kappa shape index (κ1) is 14.3. The molecule has 1 aromatic carbocycles. The summed E-state index contributed by atoms with van der Waals surface area (Å²) in [7, 11) is 1.12. The second-order valence-corrected chi connectivity index (χ2v) is 3.34. The highest BCUT2D eigenvalue weighted by Crippen LogP contribution is 2.28. The highest BCUT2D eigenvalue weighted by molar-refractivity contribution is 5.98. The van der Waals surface area contributed by atoms with Crippen LogP contribution in [-0.2, 0) is 9.53 Å². The summed E-state index contributed by atoms with van der Waals surface area (Å²) in [6, 6.07) is 1.56. The molecule has 0 bridgehead atoms. The summed E-state index contributed by atoms with van der Waals surface area (Å²) in [5.74, 6) is -4.70. The number of esters is 1. The zero-order chi connectivity index (χ0) is 14.6. The van der Waals surface area contributed by atoms with Gasteiger partial charge < -0.3 is 24.8 Å². The number of aromatic hydroxyl groups is 1. The van der Waals surface area contributed by atoms with Crippen LogP contribution in [0.2, 0.25) is 0 Å². The number of carbonyl (C=O) groups is 3. The van der Waals surface area contributed by atoms with E-state index in [1.807, 2.05) is 0 Å². The van der Waals surface area contributed by atoms with Crippen LogP contribution in [0.15, 0.2) is 12.1 Å². The van der Waals surface area contributed by atoms with Gasteiger partial charge in [-0.15, -0.1) is 0 Å². The summed E-state index contributed by atoms with van der Waals surface area (Å²) in [6.07, 6.45) is 0. The number of methoxy groups -OCH3 is 1. The lowest BCUT2D eigenvalue weighted by atomic mass is 10.1. The standard InChI is InChI=1S/C11H10O8/c1-18-9(13)4-19-8-3-7(12)5(10(14)15)2-6(8)11(16)17/h2-3,12H,4H2,1H3,(H,14,15)(H,16,17). The molecule has 8 nitrogen and oxygen atoms in total. The summed E-state index contributed by atoms with van der Waals surface area (Å²) in [5.41, 5.74) is -1.07. The third-order valence-corrected chi connectivity index (χ3v) is 2.13. The average molecular weight is 270 g/mol. The normalized spacial score (nSPS) is 9.74. The Morgan fingerprint density at radius 2 is 1.68 bits per heavy atom. The molecule has 102 valence electrons. The van der Waals surface area contributed by atoms with Crippen molar-refractivity contribution in [1.29, 1.82) is 0 Å². The number of benzene rings is 1. The van der Waals surface area contributed by atoms with Gasteiger partial charge in [-0.3, -0.25) is 0 Å². The van der Waals surface area contributed by atoms with Gasteiger partial charge in [-0.1, -0.05) is 0 Å². The molecule has 0 spiro atoms. The van der Waals surface area contributed by atoms with Crippen LogP contribution in [0.1, 0.15) is 20.7 Å². The van der Waals surface area contributed by atoms with Crippen molar-refractivity contribution < 1.29 is 39.2 Å². The summed E-state index contributed by atoms with van der Waals surface area (Å²) < 4.78 is 9.15. The Kier molecular flexibility index (Phi) is 4.30. The number of hydrogen-bond acceptors (Lipinski definition) is 6. The second kappa shape index (κ2) is 5.71. The van der Waals surface area contributed by atoms with Gasteiger partial charge in [0.2, 0.25) is 0 Å². The van der Waals surface area contributed by atoms with E-state index < -0.39 is 41.4 Å². The number of ether oxygens (including phenoxy) is 2. The Morgan fingerprint density at radius 3 is 2.16 bits per heavy atom. The van der Waals surface area contributed by atoms with Gasteiger partial charge >= 0.3 is 17.9 Å². The van der Waals surface area contributed by atoms with E-state index in [2.05, 4.69) is 4.74 Å². The van der Waals surface area contributed by atoms with E-state index in [4.69, 9.17) is 14.9 Å². The van der Waals surface area contributed by atoms with Gasteiger partial charge in [0.15, 0.2) is 6.61 Å². The van der Waals surface area contributed by atoms with Gasteiger partial charge in [0.1, 0.15) is 22.6 Å². The Hall–Kier alpha value is -2.77. The fourth-order valence-electron chi connectivity index (χ4n) is 1.22. The molecule has 0 radical (unpaired) electrons. The van der Waals surface area contributed by atoms with Crippen molar-refractivity contribution in [2.45, 2.75) is 0 Å². The van der Waals surface area contributed by atoms with Crippen molar-refractivity contribution in [3.63, 3.8) is 0 Å². The third-order valence-electron chi connectivity index (χ3n) is 2.13. The van der Waals surface area contributed by atoms with Crippen LogP contribution in [-0.4, -0.2) is 46.9 Å². The number of rotatable bonds is 5. The van der Waals surface area contributed by atoms with Crippen molar-refractivity contribution in [2.75, 3.05) is 13.7 Å². The van der Waals surface area contributed by atoms with Gasteiger partial charge in [0.25, 0.3) is 0 Å². The number of aromatic carboxylic acids is 2. The SMILES string of the molecule is COC(=O)COc1cc(O)c(C(=O)O)cc1C(=O)O. The molecule has 3 N–H and O–H groups in total. The van der Waals surface area contributed by atoms with Crippen molar-refractivity contribution in [3.05, 3.63) is 23.3 Å². The van der Waals surface area contributed by atoms with E-state index in [0.717, 1.165) is 19.2 Å². The summed E-state index contributed by atoms with van der Waals surface area (Å²) in [6.45, 7) is -0.567. The number of carbonyl (C=O) groups excluding carboxylic acids is 1. The maximum absolute atomic E-state index is 11.0. The topological polar surface area (TPSA) is 130 Å². The highest BCUT2D eigenvalue weighted by Gasteiger charge is 2.20. The van der Waals surface area contributed by atoms with Gasteiger partial charge in [-0.25, -0.2) is 14.4 Å². The van der Waals surface area contributed by atoms with E-state index in [1.165, 1.54) is 0 Å². The van der Waals surface area contributed by atoms with Crippen LogP contribution < -0.4 is 4.74 Å². The maximum atomic E-state index is 11.0. The lowest BCUT2D eigenvalue weighted by Crippen LogP contribution is -2.15. The molecule has 0 atom stereocenters. The fraction of sp³-hybridized carbons (Fsp3) is 0.182. The minimum absolute atomic E-state index is 0.333. The molecule has 1 aromatic rings. The third kappa shape index (κ3) is 3.35. The Labute approximate surface area is 106 Å². The van der Waals surface area contributed by atoms with E-state index in [1.54, 1.807) is 0 Å². The lowest BCUT2D eigenvalue weighted by Gasteiger charge is -2.10. The maximum Gasteiger partial charge on any atom is 0.343 e. The van der Waals surface area contributed by atoms with Crippen LogP contribution >= 0.6 is 0 Å². The summed E-state index contributed by atoms with van der Waals surface area (Å²) in [5, 5.41) is 27.1. The van der Waals surface area contributed by atoms with E-state index in [9.17, 15) is 19.5 Å². The molecule has 0 saturated carbocycles. The first-order valence-corrected chi connectivity index (χ1v) is 4.90. The molecule has 1 rings (SSSR count). The molecule has 0 aliphatic carbocycles. The largest absolute Gasteiger partial charge is 0.507 e. The van der Waals surface area contributed by atoms with Gasteiger partial charge in [0, 0.05) is 6.07 Å². The van der Waals surface area contributed by atoms with Crippen molar-refractivity contribution in [3.8, 4) is 11.5 Å². The molecular formula is C11H10O8. The molecule has 0 aliphatic rings. The molecule has 8 heteroatoms. The van der Waals surface area contributed by atoms with E-state index >= 15 is 0 Å². The molecule has 0 amide bonds. The first-order chi connectivity index (χ1) is 8.86. The van der Waals surface area contributed by atoms with Crippen LogP contribution in [0.5, 0.6) is 11.5 Å². The highest BCUT2D eigenvalue weighted by atomic mass is 16.6. The van der Waals surface area contributed by atoms with Gasteiger partial charge in [-0.05, 0) is 6.07 Å². The van der Waals surface area contributed by atoms with E-state index in [-0.39, 0.29) is 5.75 Å². The molecule has 0 heterocycles. The van der Waals surface area contributed by atoms with Crippen LogP contribution in [0.3, 0.4) is 0 Å². The Bertz CT molecular complexity index is 534. The minimum atomic E-state index is -1.49. The van der Waals surface area contributed by atoms with Crippen molar-refractivity contribution >= 4 is 17.9 Å². The second-order valence-electron chi connectivity index (χ2n) is 3.34. The summed E-state index contributed by atoms with van der Waals surface area (Å²) in [4.78, 5) is 32.6. The average Bonchev–Trinajstić information content (AvgIpc) is 2.34. The Morgan fingerprint density at radius 1 is 1.11 bits per heavy atom. The van der Waals surface area contributed by atoms with Crippen LogP contribution in [0.25, 0.3) is 0 Å². The zero-order valence-electron chi connectivity index (χ0n) is 9.74. The molecular weight excluding hydrogens is 260 g/mol. The monoisotopic (exact) mass is 270 g/mol. The van der Waals surface area contributed by atoms with Crippen molar-refractivity contribution in [2.24, 2.45) is 0 Å². The molecule has 0 aromatic heterocycles. The lowest BCUT2D eigenvalue weighted by molar-refractivity contribution is -0.142. The molecule has 0 aliphatic heterocycles. The first-order valence-electron chi connectivity index (χ1n) is 4.90. The number of phenols is 1. The van der Waals surface area contributed by atoms with Gasteiger partial charge in [-0.2, -0.15) is 0 Å². The summed E-state index contributed by atoms with van der Waals surface area (Å²) >= 11 is 0. The molecule has 0 unspecified atom stereocenters. The molecule has 0 saturated heterocycles. The molecule has 19 heavy (non-hydrogen) atoms. The fourth-order valence-corrected chi connectivity index (χ4v) is 1.22. The number of carboxylic acid groups (broad SMARTS) is 2. The Balaban J connectivity index is 3.16. The van der Waals surface area contributed by atoms with E-state index in [0.29, 0.717) is 0 Å². The van der Waals surface area contributed by atoms with Crippen LogP contribution in [0, 0.1) is 0 Å². The van der Waals surface area contributed by atoms with Crippen molar-refractivity contribution in [1.82, 2.24) is 0 Å².